The van der Waals surface area contributed by atoms with E-state index in [4.69, 9.17) is 29.3 Å². The molecule has 132 valence electrons. The summed E-state index contributed by atoms with van der Waals surface area (Å²) >= 11 is 12.8. The van der Waals surface area contributed by atoms with Crippen LogP contribution in [0, 0.1) is 0 Å². The van der Waals surface area contributed by atoms with Crippen LogP contribution in [0.4, 0.5) is 11.4 Å². The molecule has 0 heterocycles. The Hall–Kier alpha value is -0.690. The lowest BCUT2D eigenvalue weighted by Crippen LogP contribution is -2.27. The third-order valence-electron chi connectivity index (χ3n) is 4.03. The average molecular weight is 383 g/mol. The van der Waals surface area contributed by atoms with Crippen molar-refractivity contribution < 1.29 is 4.84 Å². The Morgan fingerprint density at radius 3 is 2.71 bits per heavy atom. The maximum atomic E-state index is 5.53. The molecule has 0 spiro atoms. The average Bonchev–Trinajstić information content (AvgIpc) is 2.57. The summed E-state index contributed by atoms with van der Waals surface area (Å²) in [6, 6.07) is 8.03. The van der Waals surface area contributed by atoms with Crippen molar-refractivity contribution >= 4 is 56.9 Å². The highest BCUT2D eigenvalue weighted by molar-refractivity contribution is 8.23. The quantitative estimate of drug-likeness (QED) is 0.482. The predicted octanol–water partition coefficient (Wildman–Crippen LogP) is 5.94. The van der Waals surface area contributed by atoms with Crippen molar-refractivity contribution in [2.45, 2.75) is 57.1 Å². The minimum atomic E-state index is 0.662. The Morgan fingerprint density at radius 2 is 2.04 bits per heavy atom. The van der Waals surface area contributed by atoms with Crippen LogP contribution in [0.25, 0.3) is 0 Å². The smallest absolute Gasteiger partial charge is 0.138 e. The molecule has 24 heavy (non-hydrogen) atoms. The van der Waals surface area contributed by atoms with Crippen molar-refractivity contribution in [3.8, 4) is 0 Å². The van der Waals surface area contributed by atoms with Gasteiger partial charge in [-0.05, 0) is 37.5 Å². The fourth-order valence-corrected chi connectivity index (χ4v) is 4.82. The number of nitrogens with one attached hydrogen (secondary N) is 1. The number of thiocarbonyl (C=S) groups is 2. The first kappa shape index (κ1) is 19.6. The number of hydrogen-bond donors (Lipinski definition) is 1. The van der Waals surface area contributed by atoms with Crippen molar-refractivity contribution in [3.05, 3.63) is 24.3 Å². The first-order valence-electron chi connectivity index (χ1n) is 8.58. The van der Waals surface area contributed by atoms with Crippen LogP contribution in [0.1, 0.15) is 51.9 Å². The van der Waals surface area contributed by atoms with E-state index >= 15 is 0 Å². The van der Waals surface area contributed by atoms with Gasteiger partial charge in [-0.15, -0.1) is 0 Å². The summed E-state index contributed by atoms with van der Waals surface area (Å²) in [6.45, 7) is 2.11. The molecule has 2 rings (SSSR count). The number of nitrogens with zero attached hydrogens (tertiary/aromatic N) is 1. The molecule has 1 aromatic carbocycles. The SMILES string of the molecule is CCCC(=S)N(OC)c1cccc(NC(=S)SC2CCCCC2)c1. The van der Waals surface area contributed by atoms with E-state index in [-0.39, 0.29) is 0 Å². The zero-order chi connectivity index (χ0) is 17.4. The largest absolute Gasteiger partial charge is 0.341 e. The lowest BCUT2D eigenvalue weighted by molar-refractivity contribution is 0.210. The van der Waals surface area contributed by atoms with Gasteiger partial charge in [0, 0.05) is 17.4 Å². The van der Waals surface area contributed by atoms with Crippen molar-refractivity contribution in [2.24, 2.45) is 0 Å². The topological polar surface area (TPSA) is 24.5 Å². The van der Waals surface area contributed by atoms with E-state index in [9.17, 15) is 0 Å². The van der Waals surface area contributed by atoms with Crippen LogP contribution >= 0.6 is 36.2 Å². The molecule has 1 aliphatic rings. The van der Waals surface area contributed by atoms with Gasteiger partial charge >= 0.3 is 0 Å². The minimum Gasteiger partial charge on any atom is -0.341 e. The molecule has 6 heteroatoms. The Labute approximate surface area is 160 Å². The van der Waals surface area contributed by atoms with E-state index in [1.54, 1.807) is 23.9 Å². The molecule has 1 saturated carbocycles. The fraction of sp³-hybridized carbons (Fsp3) is 0.556. The maximum Gasteiger partial charge on any atom is 0.138 e. The van der Waals surface area contributed by atoms with Crippen molar-refractivity contribution in [1.29, 1.82) is 0 Å². The van der Waals surface area contributed by atoms with Gasteiger partial charge in [0.05, 0.1) is 12.8 Å². The monoisotopic (exact) mass is 382 g/mol. The van der Waals surface area contributed by atoms with Crippen LogP contribution in [0.5, 0.6) is 0 Å². The molecule has 3 nitrogen and oxygen atoms in total. The van der Waals surface area contributed by atoms with Gasteiger partial charge in [-0.25, -0.2) is 5.06 Å². The van der Waals surface area contributed by atoms with Crippen LogP contribution in [-0.2, 0) is 4.84 Å². The van der Waals surface area contributed by atoms with Gasteiger partial charge in [-0.1, -0.05) is 68.5 Å². The minimum absolute atomic E-state index is 0.662. The van der Waals surface area contributed by atoms with Crippen molar-refractivity contribution in [3.63, 3.8) is 0 Å². The van der Waals surface area contributed by atoms with Gasteiger partial charge in [0.2, 0.25) is 0 Å². The number of hydrogen-bond acceptors (Lipinski definition) is 4. The second kappa shape index (κ2) is 10.3. The van der Waals surface area contributed by atoms with Crippen LogP contribution in [0.3, 0.4) is 0 Å². The maximum absolute atomic E-state index is 5.53. The van der Waals surface area contributed by atoms with Gasteiger partial charge in [-0.2, -0.15) is 0 Å². The highest BCUT2D eigenvalue weighted by Gasteiger charge is 2.16. The van der Waals surface area contributed by atoms with Gasteiger partial charge in [0.1, 0.15) is 9.31 Å². The number of rotatable bonds is 6. The third-order valence-corrected chi connectivity index (χ3v) is 5.91. The lowest BCUT2D eigenvalue weighted by atomic mass is 10.0. The molecule has 0 amide bonds. The van der Waals surface area contributed by atoms with Crippen LogP contribution < -0.4 is 10.4 Å². The molecule has 0 saturated heterocycles. The normalized spacial score (nSPS) is 15.1. The van der Waals surface area contributed by atoms with Crippen molar-refractivity contribution in [1.82, 2.24) is 0 Å². The second-order valence-corrected chi connectivity index (χ2v) is 8.41. The molecule has 0 aliphatic heterocycles. The lowest BCUT2D eigenvalue weighted by Gasteiger charge is -2.23. The Bertz CT molecular complexity index is 559. The van der Waals surface area contributed by atoms with Crippen LogP contribution in [0.2, 0.25) is 0 Å². The zero-order valence-corrected chi connectivity index (χ0v) is 16.9. The summed E-state index contributed by atoms with van der Waals surface area (Å²) in [5.41, 5.74) is 1.90. The van der Waals surface area contributed by atoms with E-state index in [2.05, 4.69) is 12.2 Å². The molecule has 0 radical (unpaired) electrons. The molecule has 1 aliphatic carbocycles. The first-order valence-corrected chi connectivity index (χ1v) is 10.3. The Kier molecular flexibility index (Phi) is 8.45. The molecule has 1 N–H and O–H groups in total. The fourth-order valence-electron chi connectivity index (χ4n) is 2.86. The summed E-state index contributed by atoms with van der Waals surface area (Å²) in [6.07, 6.45) is 8.39. The molecule has 0 unspecified atom stereocenters. The molecule has 0 aromatic heterocycles. The van der Waals surface area contributed by atoms with Crippen molar-refractivity contribution in [2.75, 3.05) is 17.5 Å². The Balaban J connectivity index is 1.98. The predicted molar refractivity (Wildman–Crippen MR) is 114 cm³/mol. The number of hydroxylamine groups is 1. The van der Waals surface area contributed by atoms with Crippen LogP contribution in [0.15, 0.2) is 24.3 Å². The van der Waals surface area contributed by atoms with Gasteiger partial charge < -0.3 is 5.32 Å². The summed E-state index contributed by atoms with van der Waals surface area (Å²) in [4.78, 5) is 6.25. The Morgan fingerprint density at radius 1 is 1.29 bits per heavy atom. The van der Waals surface area contributed by atoms with E-state index in [1.807, 2.05) is 24.3 Å². The van der Waals surface area contributed by atoms with Gasteiger partial charge in [-0.3, -0.25) is 4.84 Å². The molecule has 0 atom stereocenters. The number of thioether (sulfide) groups is 1. The summed E-state index contributed by atoms with van der Waals surface area (Å²) in [7, 11) is 1.64. The van der Waals surface area contributed by atoms with E-state index < -0.39 is 0 Å². The van der Waals surface area contributed by atoms with Crippen LogP contribution in [-0.4, -0.2) is 21.7 Å². The highest BCUT2D eigenvalue weighted by atomic mass is 32.2. The van der Waals surface area contributed by atoms with E-state index in [1.165, 1.54) is 32.1 Å². The first-order chi connectivity index (χ1) is 11.6. The molecule has 1 fully saturated rings. The van der Waals surface area contributed by atoms with Gasteiger partial charge in [0.15, 0.2) is 0 Å². The summed E-state index contributed by atoms with van der Waals surface area (Å²) < 4.78 is 0.846. The summed E-state index contributed by atoms with van der Waals surface area (Å²) in [5, 5.41) is 5.72. The highest BCUT2D eigenvalue weighted by Crippen LogP contribution is 2.30. The zero-order valence-electron chi connectivity index (χ0n) is 14.4. The van der Waals surface area contributed by atoms with E-state index in [0.29, 0.717) is 5.25 Å². The summed E-state index contributed by atoms with van der Waals surface area (Å²) in [5.74, 6) is 0. The number of anilines is 2. The number of benzene rings is 1. The molecular weight excluding hydrogens is 356 g/mol. The van der Waals surface area contributed by atoms with E-state index in [0.717, 1.165) is 33.5 Å². The molecular formula is C18H26N2OS3. The molecule has 0 bridgehead atoms. The second-order valence-electron chi connectivity index (χ2n) is 5.96. The molecule has 1 aromatic rings. The van der Waals surface area contributed by atoms with Gasteiger partial charge in [0.25, 0.3) is 0 Å². The third kappa shape index (κ3) is 5.99. The standard InChI is InChI=1S/C18H26N2OS3/c1-3-8-17(22)20(21-2)15-10-7-9-14(13-15)19-18(23)24-16-11-5-4-6-12-16/h7,9-10,13,16H,3-6,8,11-12H2,1-2H3,(H,19,23).